The lowest BCUT2D eigenvalue weighted by atomic mass is 9.94. The molecule has 0 radical (unpaired) electrons. The zero-order valence-corrected chi connectivity index (χ0v) is 20.2. The van der Waals surface area contributed by atoms with Crippen LogP contribution in [-0.2, 0) is 9.47 Å². The van der Waals surface area contributed by atoms with Crippen molar-refractivity contribution in [3.63, 3.8) is 0 Å². The molecule has 164 valence electrons. The summed E-state index contributed by atoms with van der Waals surface area (Å²) in [6.07, 6.45) is 10.5. The molecule has 3 saturated heterocycles. The van der Waals surface area contributed by atoms with Gasteiger partial charge in [-0.3, -0.25) is 4.99 Å². The maximum atomic E-state index is 6.14. The van der Waals surface area contributed by atoms with Gasteiger partial charge in [0.1, 0.15) is 0 Å². The third-order valence-electron chi connectivity index (χ3n) is 6.42. The van der Waals surface area contributed by atoms with E-state index < -0.39 is 0 Å². The summed E-state index contributed by atoms with van der Waals surface area (Å²) in [4.78, 5) is 9.35. The van der Waals surface area contributed by atoms with E-state index in [4.69, 9.17) is 9.47 Å². The molecule has 3 heterocycles. The summed E-state index contributed by atoms with van der Waals surface area (Å²) < 4.78 is 11.9. The Morgan fingerprint density at radius 1 is 1.07 bits per heavy atom. The predicted molar refractivity (Wildman–Crippen MR) is 126 cm³/mol. The number of nitrogens with one attached hydrogen (secondary N) is 1. The molecular weight excluding hydrogens is 467 g/mol. The van der Waals surface area contributed by atoms with E-state index in [-0.39, 0.29) is 24.0 Å². The van der Waals surface area contributed by atoms with Gasteiger partial charge in [-0.25, -0.2) is 0 Å². The molecular formula is C21H41IN4O2. The van der Waals surface area contributed by atoms with Gasteiger partial charge in [-0.2, -0.15) is 0 Å². The summed E-state index contributed by atoms with van der Waals surface area (Å²) in [6, 6.07) is 0. The molecule has 0 aromatic heterocycles. The highest BCUT2D eigenvalue weighted by Crippen LogP contribution is 2.20. The molecule has 1 unspecified atom stereocenters. The zero-order chi connectivity index (χ0) is 18.9. The molecule has 1 N–H and O–H groups in total. The standard InChI is InChI=1S/C21H40N4O2.HI/c1-22-21(23-11-6-18-7-12-24(2)13-8-18)25-14-9-19(10-15-25)27-17-20-5-3-4-16-26-20;/h18-20H,3-17H2,1-2H3,(H,22,23);1H. The number of hydrogen-bond acceptors (Lipinski definition) is 4. The summed E-state index contributed by atoms with van der Waals surface area (Å²) in [5.41, 5.74) is 0. The smallest absolute Gasteiger partial charge is 0.193 e. The van der Waals surface area contributed by atoms with E-state index in [0.717, 1.165) is 64.0 Å². The molecule has 0 bridgehead atoms. The maximum absolute atomic E-state index is 6.14. The summed E-state index contributed by atoms with van der Waals surface area (Å²) in [6.45, 7) is 7.28. The van der Waals surface area contributed by atoms with Gasteiger partial charge in [0.2, 0.25) is 0 Å². The third-order valence-corrected chi connectivity index (χ3v) is 6.42. The van der Waals surface area contributed by atoms with Crippen LogP contribution in [0, 0.1) is 5.92 Å². The molecule has 3 fully saturated rings. The normalized spacial score (nSPS) is 26.1. The fourth-order valence-corrected chi connectivity index (χ4v) is 4.49. The molecule has 7 heteroatoms. The van der Waals surface area contributed by atoms with Gasteiger partial charge >= 0.3 is 0 Å². The van der Waals surface area contributed by atoms with Gasteiger partial charge in [-0.05, 0) is 77.4 Å². The molecule has 0 aromatic rings. The fraction of sp³-hybridized carbons (Fsp3) is 0.952. The average Bonchev–Trinajstić information content (AvgIpc) is 2.72. The van der Waals surface area contributed by atoms with Gasteiger partial charge in [0.05, 0.1) is 18.8 Å². The Morgan fingerprint density at radius 2 is 1.82 bits per heavy atom. The molecule has 0 amide bonds. The van der Waals surface area contributed by atoms with Crippen LogP contribution < -0.4 is 5.32 Å². The number of guanidine groups is 1. The largest absolute Gasteiger partial charge is 0.376 e. The molecule has 3 aliphatic heterocycles. The fourth-order valence-electron chi connectivity index (χ4n) is 4.49. The van der Waals surface area contributed by atoms with Gasteiger partial charge in [0.25, 0.3) is 0 Å². The Bertz CT molecular complexity index is 444. The van der Waals surface area contributed by atoms with Crippen molar-refractivity contribution in [3.8, 4) is 0 Å². The minimum Gasteiger partial charge on any atom is -0.376 e. The van der Waals surface area contributed by atoms with Crippen LogP contribution >= 0.6 is 24.0 Å². The number of likely N-dealkylation sites (tertiary alicyclic amines) is 2. The quantitative estimate of drug-likeness (QED) is 0.340. The topological polar surface area (TPSA) is 49.3 Å². The molecule has 0 spiro atoms. The van der Waals surface area contributed by atoms with E-state index in [1.54, 1.807) is 0 Å². The average molecular weight is 508 g/mol. The van der Waals surface area contributed by atoms with Crippen molar-refractivity contribution >= 4 is 29.9 Å². The van der Waals surface area contributed by atoms with E-state index in [2.05, 4.69) is 27.2 Å². The van der Waals surface area contributed by atoms with Crippen LogP contribution in [0.5, 0.6) is 0 Å². The Morgan fingerprint density at radius 3 is 2.46 bits per heavy atom. The van der Waals surface area contributed by atoms with Crippen LogP contribution in [0.3, 0.4) is 0 Å². The number of halogens is 1. The molecule has 3 rings (SSSR count). The maximum Gasteiger partial charge on any atom is 0.193 e. The van der Waals surface area contributed by atoms with Crippen molar-refractivity contribution in [3.05, 3.63) is 0 Å². The zero-order valence-electron chi connectivity index (χ0n) is 17.9. The number of rotatable bonds is 6. The van der Waals surface area contributed by atoms with E-state index in [0.29, 0.717) is 12.2 Å². The number of piperidine rings is 2. The van der Waals surface area contributed by atoms with E-state index in [9.17, 15) is 0 Å². The number of hydrogen-bond donors (Lipinski definition) is 1. The first kappa shape index (κ1) is 24.2. The van der Waals surface area contributed by atoms with Crippen molar-refractivity contribution in [2.24, 2.45) is 10.9 Å². The summed E-state index contributed by atoms with van der Waals surface area (Å²) >= 11 is 0. The Labute approximate surface area is 188 Å². The lowest BCUT2D eigenvalue weighted by Crippen LogP contribution is -2.47. The first-order chi connectivity index (χ1) is 13.2. The van der Waals surface area contributed by atoms with Gasteiger partial charge < -0.3 is 24.6 Å². The second-order valence-electron chi connectivity index (χ2n) is 8.52. The van der Waals surface area contributed by atoms with Crippen molar-refractivity contribution < 1.29 is 9.47 Å². The van der Waals surface area contributed by atoms with Gasteiger partial charge in [0.15, 0.2) is 5.96 Å². The van der Waals surface area contributed by atoms with Crippen LogP contribution in [0.25, 0.3) is 0 Å². The van der Waals surface area contributed by atoms with E-state index in [1.807, 2.05) is 7.05 Å². The first-order valence-electron chi connectivity index (χ1n) is 11.1. The second kappa shape index (κ2) is 13.2. The van der Waals surface area contributed by atoms with Crippen molar-refractivity contribution in [2.75, 3.05) is 60.0 Å². The van der Waals surface area contributed by atoms with Gasteiger partial charge in [-0.1, -0.05) is 0 Å². The highest BCUT2D eigenvalue weighted by molar-refractivity contribution is 14.0. The third kappa shape index (κ3) is 7.95. The lowest BCUT2D eigenvalue weighted by Gasteiger charge is -2.35. The highest BCUT2D eigenvalue weighted by atomic mass is 127. The van der Waals surface area contributed by atoms with Gasteiger partial charge in [-0.15, -0.1) is 24.0 Å². The minimum absolute atomic E-state index is 0. The van der Waals surface area contributed by atoms with Crippen molar-refractivity contribution in [1.82, 2.24) is 15.1 Å². The molecule has 0 saturated carbocycles. The number of aliphatic imine (C=N–C) groups is 1. The van der Waals surface area contributed by atoms with Gasteiger partial charge in [0, 0.05) is 33.3 Å². The van der Waals surface area contributed by atoms with E-state index in [1.165, 1.54) is 45.2 Å². The predicted octanol–water partition coefficient (Wildman–Crippen LogP) is 2.96. The lowest BCUT2D eigenvalue weighted by molar-refractivity contribution is -0.0721. The van der Waals surface area contributed by atoms with Crippen molar-refractivity contribution in [1.29, 1.82) is 0 Å². The molecule has 6 nitrogen and oxygen atoms in total. The van der Waals surface area contributed by atoms with Crippen LogP contribution in [0.4, 0.5) is 0 Å². The van der Waals surface area contributed by atoms with Crippen LogP contribution in [0.15, 0.2) is 4.99 Å². The van der Waals surface area contributed by atoms with Crippen LogP contribution in [-0.4, -0.2) is 88.0 Å². The van der Waals surface area contributed by atoms with Crippen LogP contribution in [0.1, 0.15) is 51.4 Å². The molecule has 0 aromatic carbocycles. The first-order valence-corrected chi connectivity index (χ1v) is 11.1. The Hall–Kier alpha value is -0.120. The monoisotopic (exact) mass is 508 g/mol. The molecule has 3 aliphatic rings. The SMILES string of the molecule is CN=C(NCCC1CCN(C)CC1)N1CCC(OCC2CCCCO2)CC1.I. The highest BCUT2D eigenvalue weighted by Gasteiger charge is 2.24. The van der Waals surface area contributed by atoms with Crippen molar-refractivity contribution in [2.45, 2.75) is 63.6 Å². The summed E-state index contributed by atoms with van der Waals surface area (Å²) in [5, 5.41) is 3.60. The summed E-state index contributed by atoms with van der Waals surface area (Å²) in [5.74, 6) is 1.94. The Kier molecular flexibility index (Phi) is 11.4. The Balaban J connectivity index is 0.00000280. The minimum atomic E-state index is 0. The number of nitrogens with zero attached hydrogens (tertiary/aromatic N) is 3. The summed E-state index contributed by atoms with van der Waals surface area (Å²) in [7, 11) is 4.13. The number of ether oxygens (including phenoxy) is 2. The molecule has 28 heavy (non-hydrogen) atoms. The van der Waals surface area contributed by atoms with Crippen LogP contribution in [0.2, 0.25) is 0 Å². The molecule has 1 atom stereocenters. The van der Waals surface area contributed by atoms with E-state index >= 15 is 0 Å². The second-order valence-corrected chi connectivity index (χ2v) is 8.52. The molecule has 0 aliphatic carbocycles.